The minimum absolute atomic E-state index is 0.440. The van der Waals surface area contributed by atoms with Gasteiger partial charge in [0.15, 0.2) is 0 Å². The highest BCUT2D eigenvalue weighted by Crippen LogP contribution is 2.21. The quantitative estimate of drug-likeness (QED) is 0.187. The molecule has 0 amide bonds. The van der Waals surface area contributed by atoms with Crippen molar-refractivity contribution in [1.29, 1.82) is 0 Å². The average molecular weight is 276 g/mol. The Morgan fingerprint density at radius 2 is 1.37 bits per heavy atom. The molecule has 0 N–H and O–H groups in total. The highest BCUT2D eigenvalue weighted by molar-refractivity contribution is 4.84. The molecule has 0 fully saturated rings. The van der Waals surface area contributed by atoms with Crippen LogP contribution in [0, 0.1) is 25.6 Å². The molecule has 0 heterocycles. The lowest BCUT2D eigenvalue weighted by Crippen LogP contribution is -2.39. The topological polar surface area (TPSA) is 202 Å². The van der Waals surface area contributed by atoms with Crippen LogP contribution < -0.4 is 0 Å². The molecule has 0 bridgehead atoms. The van der Waals surface area contributed by atoms with E-state index in [0.717, 1.165) is 0 Å². The molecule has 0 saturated carbocycles. The first kappa shape index (κ1) is 16.0. The lowest BCUT2D eigenvalue weighted by atomic mass is 9.90. The van der Waals surface area contributed by atoms with Crippen LogP contribution in [0.1, 0.15) is 0 Å². The van der Waals surface area contributed by atoms with Crippen molar-refractivity contribution in [1.82, 2.24) is 0 Å². The molecule has 104 valence electrons. The summed E-state index contributed by atoms with van der Waals surface area (Å²) in [6.07, 6.45) is 0. The molecule has 0 unspecified atom stereocenters. The van der Waals surface area contributed by atoms with Gasteiger partial charge in [0.25, 0.3) is 10.2 Å². The van der Waals surface area contributed by atoms with Gasteiger partial charge in [-0.3, -0.25) is 0 Å². The van der Waals surface area contributed by atoms with Gasteiger partial charge >= 0.3 is 0 Å². The average Bonchev–Trinajstić information content (AvgIpc) is 2.37. The van der Waals surface area contributed by atoms with Gasteiger partial charge in [0, 0.05) is 28.3 Å². The second-order valence-corrected chi connectivity index (χ2v) is 3.27. The van der Waals surface area contributed by atoms with Crippen LogP contribution >= 0.6 is 0 Å². The normalized spacial score (nSPS) is 9.68. The predicted octanol–water partition coefficient (Wildman–Crippen LogP) is 1.01. The Hall–Kier alpha value is -2.98. The summed E-state index contributed by atoms with van der Waals surface area (Å²) in [6, 6.07) is 0. The largest absolute Gasteiger partial charge is 0.313 e. The first-order valence-corrected chi connectivity index (χ1v) is 4.52. The van der Waals surface area contributed by atoms with Crippen LogP contribution in [0.3, 0.4) is 0 Å². The van der Waals surface area contributed by atoms with Gasteiger partial charge in [-0.2, -0.15) is 0 Å². The Bertz CT molecular complexity index is 385. The molecule has 0 saturated heterocycles. The second-order valence-electron chi connectivity index (χ2n) is 3.27. The van der Waals surface area contributed by atoms with E-state index >= 15 is 0 Å². The van der Waals surface area contributed by atoms with E-state index in [-0.39, 0.29) is 0 Å². The zero-order valence-corrected chi connectivity index (χ0v) is 9.36. The predicted molar refractivity (Wildman–Crippen MR) is 56.4 cm³/mol. The maximum atomic E-state index is 10.1. The number of rotatable bonds is 10. The summed E-state index contributed by atoms with van der Waals surface area (Å²) in [5.74, 6) is 0. The highest BCUT2D eigenvalue weighted by atomic mass is 17.0. The monoisotopic (exact) mass is 276 g/mol. The lowest BCUT2D eigenvalue weighted by Gasteiger charge is -2.27. The van der Waals surface area contributed by atoms with Crippen molar-refractivity contribution in [2.75, 3.05) is 26.3 Å². The summed E-state index contributed by atoms with van der Waals surface area (Å²) < 4.78 is 0. The van der Waals surface area contributed by atoms with E-state index in [0.29, 0.717) is 0 Å². The molecular weight excluding hydrogens is 268 g/mol. The van der Waals surface area contributed by atoms with Gasteiger partial charge in [-0.05, 0) is 11.1 Å². The summed E-state index contributed by atoms with van der Waals surface area (Å²) in [4.78, 5) is 33.3. The molecule has 0 rings (SSSR count). The number of hydrogen-bond acceptors (Lipinski definition) is 8. The fourth-order valence-corrected chi connectivity index (χ4v) is 1.02. The number of hydrogen-bond donors (Lipinski definition) is 0. The summed E-state index contributed by atoms with van der Waals surface area (Å²) in [6.45, 7) is -2.26. The molecular formula is C5H8N8O6. The maximum Gasteiger partial charge on any atom is 0.294 e. The molecule has 0 aromatic carbocycles. The summed E-state index contributed by atoms with van der Waals surface area (Å²) in [7, 11) is 0. The Morgan fingerprint density at radius 3 is 1.63 bits per heavy atom. The van der Waals surface area contributed by atoms with Crippen LogP contribution in [0.25, 0.3) is 20.9 Å². The zero-order valence-electron chi connectivity index (χ0n) is 9.36. The van der Waals surface area contributed by atoms with E-state index in [9.17, 15) is 20.2 Å². The second kappa shape index (κ2) is 8.16. The molecule has 0 aromatic rings. The van der Waals surface area contributed by atoms with Crippen molar-refractivity contribution < 1.29 is 19.8 Å². The smallest absolute Gasteiger partial charge is 0.294 e. The minimum Gasteiger partial charge on any atom is -0.313 e. The van der Waals surface area contributed by atoms with Gasteiger partial charge in [-0.1, -0.05) is 10.2 Å². The van der Waals surface area contributed by atoms with Gasteiger partial charge < -0.3 is 9.68 Å². The maximum absolute atomic E-state index is 10.1. The fourth-order valence-electron chi connectivity index (χ4n) is 1.02. The summed E-state index contributed by atoms with van der Waals surface area (Å²) in [5, 5.41) is 24.3. The Balaban J connectivity index is 5.02. The molecule has 0 atom stereocenters. The Morgan fingerprint density at radius 1 is 1.00 bits per heavy atom. The Kier molecular flexibility index (Phi) is 6.88. The van der Waals surface area contributed by atoms with Crippen LogP contribution in [-0.4, -0.2) is 36.5 Å². The van der Waals surface area contributed by atoms with Gasteiger partial charge in [-0.15, -0.1) is 20.2 Å². The van der Waals surface area contributed by atoms with Gasteiger partial charge in [0.1, 0.15) is 13.2 Å². The molecule has 14 nitrogen and oxygen atoms in total. The van der Waals surface area contributed by atoms with Crippen molar-refractivity contribution in [3.63, 3.8) is 0 Å². The fraction of sp³-hybridized carbons (Fsp3) is 1.00. The number of nitrogens with zero attached hydrogens (tertiary/aromatic N) is 8. The molecule has 0 aromatic heterocycles. The van der Waals surface area contributed by atoms with E-state index in [1.165, 1.54) is 0 Å². The van der Waals surface area contributed by atoms with Crippen molar-refractivity contribution in [2.45, 2.75) is 0 Å². The highest BCUT2D eigenvalue weighted by Gasteiger charge is 2.32. The zero-order chi connectivity index (χ0) is 14.7. The van der Waals surface area contributed by atoms with Crippen molar-refractivity contribution >= 4 is 0 Å². The third-order valence-corrected chi connectivity index (χ3v) is 1.89. The van der Waals surface area contributed by atoms with E-state index < -0.39 is 41.9 Å². The van der Waals surface area contributed by atoms with Gasteiger partial charge in [-0.25, -0.2) is 0 Å². The third kappa shape index (κ3) is 7.04. The van der Waals surface area contributed by atoms with Crippen LogP contribution in [0.4, 0.5) is 0 Å². The van der Waals surface area contributed by atoms with Crippen LogP contribution in [0.5, 0.6) is 0 Å². The molecule has 0 radical (unpaired) electrons. The van der Waals surface area contributed by atoms with Crippen LogP contribution in [-0.2, 0) is 9.68 Å². The standard InChI is InChI=1S/C5H8N8O6/c6-10-8-1-5(2-9-11-7,3-18-12(14)15)4-19-13(16)17/h1-4H2. The third-order valence-electron chi connectivity index (χ3n) is 1.89. The molecule has 0 aliphatic carbocycles. The minimum atomic E-state index is -1.50. The van der Waals surface area contributed by atoms with Crippen LogP contribution in [0.15, 0.2) is 10.2 Å². The lowest BCUT2D eigenvalue weighted by molar-refractivity contribution is -0.771. The van der Waals surface area contributed by atoms with Crippen molar-refractivity contribution in [3.05, 3.63) is 41.1 Å². The van der Waals surface area contributed by atoms with Crippen LogP contribution in [0.2, 0.25) is 0 Å². The van der Waals surface area contributed by atoms with Crippen molar-refractivity contribution in [2.24, 2.45) is 15.6 Å². The molecule has 14 heteroatoms. The van der Waals surface area contributed by atoms with E-state index in [1.54, 1.807) is 0 Å². The van der Waals surface area contributed by atoms with Crippen molar-refractivity contribution in [3.8, 4) is 0 Å². The molecule has 0 aliphatic heterocycles. The Labute approximate surface area is 104 Å². The molecule has 0 aliphatic rings. The molecule has 0 spiro atoms. The van der Waals surface area contributed by atoms with E-state index in [1.807, 2.05) is 0 Å². The summed E-state index contributed by atoms with van der Waals surface area (Å²) in [5.41, 5.74) is 14.9. The van der Waals surface area contributed by atoms with E-state index in [4.69, 9.17) is 11.1 Å². The first-order chi connectivity index (χ1) is 8.95. The van der Waals surface area contributed by atoms with Gasteiger partial charge in [0.05, 0.1) is 0 Å². The summed E-state index contributed by atoms with van der Waals surface area (Å²) >= 11 is 0. The SMILES string of the molecule is [N-]=[N+]=NCC(CN=[N+]=[N-])(CO[N+](=O)[O-])CO[N+](=O)[O-]. The number of azide groups is 2. The molecule has 19 heavy (non-hydrogen) atoms. The van der Waals surface area contributed by atoms with E-state index in [2.05, 4.69) is 29.7 Å². The van der Waals surface area contributed by atoms with Gasteiger partial charge in [0.2, 0.25) is 0 Å². The first-order valence-electron chi connectivity index (χ1n) is 4.52.